The number of halogens is 1. The molecule has 1 aromatic rings. The second kappa shape index (κ2) is 3.32. The molecule has 1 aliphatic carbocycles. The molecule has 0 unspecified atom stereocenters. The molecule has 1 aliphatic rings. The number of rotatable bonds is 2. The molecule has 1 aromatic heterocycles. The zero-order valence-electron chi connectivity index (χ0n) is 10.0. The molecule has 88 valence electrons. The maximum absolute atomic E-state index is 5.71. The van der Waals surface area contributed by atoms with E-state index in [1.807, 2.05) is 0 Å². The molecule has 5 heteroatoms. The summed E-state index contributed by atoms with van der Waals surface area (Å²) >= 11 is 3.40. The van der Waals surface area contributed by atoms with Crippen LogP contribution >= 0.6 is 15.9 Å². The van der Waals surface area contributed by atoms with Crippen LogP contribution in [0.4, 0.5) is 11.6 Å². The Balaban J connectivity index is 2.21. The zero-order valence-corrected chi connectivity index (χ0v) is 11.6. The molecule has 4 nitrogen and oxygen atoms in total. The van der Waals surface area contributed by atoms with Crippen LogP contribution in [0.2, 0.25) is 0 Å². The highest BCUT2D eigenvalue weighted by atomic mass is 79.9. The van der Waals surface area contributed by atoms with Gasteiger partial charge in [-0.05, 0) is 26.8 Å². The first-order valence-electron chi connectivity index (χ1n) is 5.31. The highest BCUT2D eigenvalue weighted by Crippen LogP contribution is 2.63. The largest absolute Gasteiger partial charge is 0.383 e. The van der Waals surface area contributed by atoms with Gasteiger partial charge in [-0.3, -0.25) is 0 Å². The van der Waals surface area contributed by atoms with Gasteiger partial charge in [-0.2, -0.15) is 0 Å². The summed E-state index contributed by atoms with van der Waals surface area (Å²) in [6.45, 7) is 9.01. The van der Waals surface area contributed by atoms with Crippen molar-refractivity contribution >= 4 is 27.6 Å². The third-order valence-corrected chi connectivity index (χ3v) is 4.90. The molecule has 0 bridgehead atoms. The number of hydrogen-bond donors (Lipinski definition) is 2. The Morgan fingerprint density at radius 3 is 2.31 bits per heavy atom. The molecule has 1 heterocycles. The fraction of sp³-hybridized carbons (Fsp3) is 0.636. The average Bonchev–Trinajstić information content (AvgIpc) is 2.55. The minimum absolute atomic E-state index is 0.270. The van der Waals surface area contributed by atoms with Crippen LogP contribution in [0.15, 0.2) is 10.8 Å². The van der Waals surface area contributed by atoms with Gasteiger partial charge in [0.15, 0.2) is 0 Å². The molecule has 0 atom stereocenters. The van der Waals surface area contributed by atoms with Gasteiger partial charge in [0.1, 0.15) is 22.4 Å². The molecule has 0 aliphatic heterocycles. The van der Waals surface area contributed by atoms with Crippen molar-refractivity contribution in [2.24, 2.45) is 10.8 Å². The maximum Gasteiger partial charge on any atom is 0.146 e. The summed E-state index contributed by atoms with van der Waals surface area (Å²) in [5.74, 6) is 1.24. The van der Waals surface area contributed by atoms with Gasteiger partial charge < -0.3 is 11.1 Å². The van der Waals surface area contributed by atoms with E-state index in [1.165, 1.54) is 6.33 Å². The van der Waals surface area contributed by atoms with Gasteiger partial charge in [0.25, 0.3) is 0 Å². The van der Waals surface area contributed by atoms with Gasteiger partial charge in [-0.15, -0.1) is 0 Å². The quantitative estimate of drug-likeness (QED) is 0.877. The van der Waals surface area contributed by atoms with Crippen molar-refractivity contribution < 1.29 is 0 Å². The molecular weight excluding hydrogens is 268 g/mol. The smallest absolute Gasteiger partial charge is 0.146 e. The molecule has 0 saturated heterocycles. The highest BCUT2D eigenvalue weighted by molar-refractivity contribution is 9.10. The first kappa shape index (κ1) is 11.6. The van der Waals surface area contributed by atoms with Crippen LogP contribution < -0.4 is 11.1 Å². The number of hydrogen-bond acceptors (Lipinski definition) is 4. The van der Waals surface area contributed by atoms with E-state index in [0.717, 1.165) is 10.3 Å². The van der Waals surface area contributed by atoms with Crippen LogP contribution in [-0.4, -0.2) is 16.0 Å². The molecule has 0 spiro atoms. The lowest BCUT2D eigenvalue weighted by Crippen LogP contribution is -2.12. The van der Waals surface area contributed by atoms with Crippen molar-refractivity contribution in [2.75, 3.05) is 11.1 Å². The molecule has 0 aromatic carbocycles. The predicted octanol–water partition coefficient (Wildman–Crippen LogP) is 2.67. The van der Waals surface area contributed by atoms with Crippen molar-refractivity contribution in [3.8, 4) is 0 Å². The Labute approximate surface area is 104 Å². The fourth-order valence-corrected chi connectivity index (χ4v) is 2.50. The minimum atomic E-state index is 0.270. The number of aromatic nitrogens is 2. The van der Waals surface area contributed by atoms with Crippen molar-refractivity contribution in [1.82, 2.24) is 9.97 Å². The molecule has 3 N–H and O–H groups in total. The lowest BCUT2D eigenvalue weighted by Gasteiger charge is -2.09. The summed E-state index contributed by atoms with van der Waals surface area (Å²) in [6, 6.07) is 0.408. The summed E-state index contributed by atoms with van der Waals surface area (Å²) in [4.78, 5) is 8.12. The number of nitrogens with one attached hydrogen (secondary N) is 1. The van der Waals surface area contributed by atoms with Gasteiger partial charge in [0, 0.05) is 6.04 Å². The SMILES string of the molecule is CC1(C)C(Nc2ncnc(N)c2Br)C1(C)C. The molecule has 16 heavy (non-hydrogen) atoms. The third kappa shape index (κ3) is 1.49. The van der Waals surface area contributed by atoms with E-state index >= 15 is 0 Å². The van der Waals surface area contributed by atoms with Gasteiger partial charge >= 0.3 is 0 Å². The van der Waals surface area contributed by atoms with Crippen molar-refractivity contribution in [1.29, 1.82) is 0 Å². The van der Waals surface area contributed by atoms with Crippen LogP contribution in [0.25, 0.3) is 0 Å². The monoisotopic (exact) mass is 284 g/mol. The molecule has 2 rings (SSSR count). The Morgan fingerprint density at radius 2 is 1.81 bits per heavy atom. The number of nitrogens with zero attached hydrogens (tertiary/aromatic N) is 2. The van der Waals surface area contributed by atoms with Gasteiger partial charge in [0.2, 0.25) is 0 Å². The number of nitrogens with two attached hydrogens (primary N) is 1. The standard InChI is InChI=1S/C11H17BrN4/c1-10(2)9(11(10,3)4)16-8-6(12)7(13)14-5-15-8/h5,9H,1-4H3,(H3,13,14,15,16). The van der Waals surface area contributed by atoms with Gasteiger partial charge in [0.05, 0.1) is 0 Å². The van der Waals surface area contributed by atoms with E-state index in [1.54, 1.807) is 0 Å². The number of nitrogen functional groups attached to an aromatic ring is 1. The maximum atomic E-state index is 5.71. The van der Waals surface area contributed by atoms with E-state index in [0.29, 0.717) is 11.9 Å². The van der Waals surface area contributed by atoms with Crippen LogP contribution in [-0.2, 0) is 0 Å². The summed E-state index contributed by atoms with van der Waals surface area (Å²) in [5.41, 5.74) is 6.25. The molecule has 0 radical (unpaired) electrons. The molecule has 0 amide bonds. The van der Waals surface area contributed by atoms with Crippen LogP contribution in [0.3, 0.4) is 0 Å². The summed E-state index contributed by atoms with van der Waals surface area (Å²) in [6.07, 6.45) is 1.48. The van der Waals surface area contributed by atoms with Crippen molar-refractivity contribution in [3.63, 3.8) is 0 Å². The Kier molecular flexibility index (Phi) is 2.42. The van der Waals surface area contributed by atoms with E-state index in [2.05, 4.69) is 58.9 Å². The van der Waals surface area contributed by atoms with Crippen molar-refractivity contribution in [2.45, 2.75) is 33.7 Å². The molecular formula is C11H17BrN4. The third-order valence-electron chi connectivity index (χ3n) is 4.12. The van der Waals surface area contributed by atoms with E-state index in [-0.39, 0.29) is 10.8 Å². The topological polar surface area (TPSA) is 63.8 Å². The molecule has 1 fully saturated rings. The van der Waals surface area contributed by atoms with Gasteiger partial charge in [-0.1, -0.05) is 27.7 Å². The first-order chi connectivity index (χ1) is 7.28. The Morgan fingerprint density at radius 1 is 1.25 bits per heavy atom. The predicted molar refractivity (Wildman–Crippen MR) is 69.1 cm³/mol. The normalized spacial score (nSPS) is 21.8. The highest BCUT2D eigenvalue weighted by Gasteiger charge is 2.65. The Bertz CT molecular complexity index is 414. The van der Waals surface area contributed by atoms with Gasteiger partial charge in [-0.25, -0.2) is 9.97 Å². The fourth-order valence-electron chi connectivity index (χ4n) is 2.18. The summed E-state index contributed by atoms with van der Waals surface area (Å²) in [7, 11) is 0. The summed E-state index contributed by atoms with van der Waals surface area (Å²) < 4.78 is 0.744. The molecule has 1 saturated carbocycles. The second-order valence-electron chi connectivity index (χ2n) is 5.44. The van der Waals surface area contributed by atoms with Crippen LogP contribution in [0.5, 0.6) is 0 Å². The minimum Gasteiger partial charge on any atom is -0.383 e. The average molecular weight is 285 g/mol. The number of anilines is 2. The van der Waals surface area contributed by atoms with Crippen LogP contribution in [0, 0.1) is 10.8 Å². The van der Waals surface area contributed by atoms with E-state index in [4.69, 9.17) is 5.73 Å². The second-order valence-corrected chi connectivity index (χ2v) is 6.24. The van der Waals surface area contributed by atoms with E-state index in [9.17, 15) is 0 Å². The first-order valence-corrected chi connectivity index (χ1v) is 6.10. The summed E-state index contributed by atoms with van der Waals surface area (Å²) in [5, 5.41) is 3.43. The van der Waals surface area contributed by atoms with Crippen molar-refractivity contribution in [3.05, 3.63) is 10.8 Å². The zero-order chi connectivity index (χ0) is 12.1. The Hall–Kier alpha value is -0.840. The van der Waals surface area contributed by atoms with E-state index < -0.39 is 0 Å². The van der Waals surface area contributed by atoms with Crippen LogP contribution in [0.1, 0.15) is 27.7 Å². The lowest BCUT2D eigenvalue weighted by atomic mass is 10.0. The lowest BCUT2D eigenvalue weighted by molar-refractivity contribution is 0.457.